The second-order valence-electron chi connectivity index (χ2n) is 3.70. The van der Waals surface area contributed by atoms with Crippen molar-refractivity contribution in [2.45, 2.75) is 6.92 Å². The summed E-state index contributed by atoms with van der Waals surface area (Å²) in [6.45, 7) is 5.84. The minimum absolute atomic E-state index is 0.254. The molecule has 0 amide bonds. The van der Waals surface area contributed by atoms with Gasteiger partial charge in [-0.1, -0.05) is 18.7 Å². The maximum atomic E-state index is 12.8. The zero-order valence-corrected chi connectivity index (χ0v) is 9.61. The van der Waals surface area contributed by atoms with Crippen LogP contribution in [-0.4, -0.2) is 0 Å². The molecule has 0 fully saturated rings. The third-order valence-corrected chi connectivity index (χ3v) is 2.41. The highest BCUT2D eigenvalue weighted by Gasteiger charge is 2.02. The Labute approximate surface area is 99.2 Å². The number of rotatable bonds is 2. The molecule has 0 aliphatic heterocycles. The lowest BCUT2D eigenvalue weighted by Gasteiger charge is -1.94. The van der Waals surface area contributed by atoms with Crippen molar-refractivity contribution in [3.8, 4) is 11.3 Å². The van der Waals surface area contributed by atoms with Crippen molar-refractivity contribution in [2.24, 2.45) is 0 Å². The van der Waals surface area contributed by atoms with Gasteiger partial charge in [-0.15, -0.1) is 0 Å². The topological polar surface area (TPSA) is 13.1 Å². The number of benzene rings is 1. The number of hydrogen-bond acceptors (Lipinski definition) is 1. The van der Waals surface area contributed by atoms with Gasteiger partial charge in [0.05, 0.1) is 0 Å². The lowest BCUT2D eigenvalue weighted by atomic mass is 10.2. The van der Waals surface area contributed by atoms with Gasteiger partial charge in [0.25, 0.3) is 0 Å². The lowest BCUT2D eigenvalue weighted by molar-refractivity contribution is 0.545. The predicted molar refractivity (Wildman–Crippen MR) is 68.2 cm³/mol. The fraction of sp³-hybridized carbons (Fsp3) is 0.0667. The molecule has 0 bridgehead atoms. The minimum atomic E-state index is -0.254. The van der Waals surface area contributed by atoms with Gasteiger partial charge in [0.15, 0.2) is 0 Å². The van der Waals surface area contributed by atoms with E-state index < -0.39 is 0 Å². The third-order valence-electron chi connectivity index (χ3n) is 2.41. The van der Waals surface area contributed by atoms with Gasteiger partial charge in [-0.2, -0.15) is 0 Å². The van der Waals surface area contributed by atoms with Gasteiger partial charge in [0, 0.05) is 10.8 Å². The first kappa shape index (κ1) is 11.4. The number of furan rings is 1. The van der Waals surface area contributed by atoms with Crippen LogP contribution in [0.3, 0.4) is 0 Å². The van der Waals surface area contributed by atoms with Gasteiger partial charge in [0.2, 0.25) is 0 Å². The first-order chi connectivity index (χ1) is 8.20. The zero-order valence-electron chi connectivity index (χ0n) is 9.61. The molecule has 1 aromatic heterocycles. The summed E-state index contributed by atoms with van der Waals surface area (Å²) in [5, 5.41) is 0.822. The predicted octanol–water partition coefficient (Wildman–Crippen LogP) is 2.85. The third kappa shape index (κ3) is 2.53. The van der Waals surface area contributed by atoms with E-state index in [1.807, 2.05) is 31.2 Å². The average Bonchev–Trinajstić information content (AvgIpc) is 2.69. The molecule has 2 rings (SSSR count). The van der Waals surface area contributed by atoms with Crippen molar-refractivity contribution < 1.29 is 8.81 Å². The van der Waals surface area contributed by atoms with Crippen LogP contribution in [0.5, 0.6) is 0 Å². The zero-order chi connectivity index (χ0) is 12.3. The summed E-state index contributed by atoms with van der Waals surface area (Å²) in [4.78, 5) is 0. The highest BCUT2D eigenvalue weighted by molar-refractivity contribution is 5.57. The number of hydrogen-bond donors (Lipinski definition) is 0. The van der Waals surface area contributed by atoms with E-state index in [2.05, 4.69) is 6.58 Å². The van der Waals surface area contributed by atoms with Gasteiger partial charge in [-0.25, -0.2) is 4.39 Å². The summed E-state index contributed by atoms with van der Waals surface area (Å²) < 4.78 is 18.4. The van der Waals surface area contributed by atoms with E-state index in [-0.39, 0.29) is 5.82 Å². The molecule has 0 saturated heterocycles. The van der Waals surface area contributed by atoms with Crippen molar-refractivity contribution in [3.63, 3.8) is 0 Å². The lowest BCUT2D eigenvalue weighted by Crippen LogP contribution is -2.16. The van der Waals surface area contributed by atoms with Crippen LogP contribution in [0.4, 0.5) is 4.39 Å². The van der Waals surface area contributed by atoms with Crippen LogP contribution in [0, 0.1) is 5.82 Å². The first-order valence-corrected chi connectivity index (χ1v) is 5.38. The molecule has 0 spiro atoms. The molecule has 0 aliphatic rings. The summed E-state index contributed by atoms with van der Waals surface area (Å²) in [5.74, 6) is 0.446. The van der Waals surface area contributed by atoms with Crippen LogP contribution in [0.25, 0.3) is 24.0 Å². The Morgan fingerprint density at radius 3 is 2.59 bits per heavy atom. The van der Waals surface area contributed by atoms with E-state index in [4.69, 9.17) is 4.42 Å². The molecule has 1 nitrogen and oxygen atoms in total. The summed E-state index contributed by atoms with van der Waals surface area (Å²) in [6, 6.07) is 8.05. The Bertz CT molecular complexity index is 633. The van der Waals surface area contributed by atoms with E-state index in [0.29, 0.717) is 5.76 Å². The van der Waals surface area contributed by atoms with Crippen LogP contribution in [0.2, 0.25) is 0 Å². The van der Waals surface area contributed by atoms with Crippen molar-refractivity contribution in [3.05, 3.63) is 58.9 Å². The molecule has 2 heteroatoms. The Morgan fingerprint density at radius 1 is 1.24 bits per heavy atom. The molecule has 0 unspecified atom stereocenters. The van der Waals surface area contributed by atoms with Crippen LogP contribution in [0.1, 0.15) is 6.92 Å². The standard InChI is InChI=1S/C15H13FO/c1-3-4-5-14-11(2)10-15(17-14)12-6-8-13(16)9-7-12/h3-10H,2H2,1H3/b4-3-,14-5+. The molecule has 0 saturated carbocycles. The van der Waals surface area contributed by atoms with Gasteiger partial charge in [0.1, 0.15) is 17.0 Å². The molecule has 0 atom stereocenters. The van der Waals surface area contributed by atoms with Crippen LogP contribution in [0.15, 0.2) is 46.9 Å². The molecular formula is C15H13FO. The van der Waals surface area contributed by atoms with Crippen molar-refractivity contribution in [2.75, 3.05) is 0 Å². The Hall–Kier alpha value is -2.09. The van der Waals surface area contributed by atoms with Crippen LogP contribution < -0.4 is 10.6 Å². The number of halogens is 1. The molecule has 86 valence electrons. The summed E-state index contributed by atoms with van der Waals surface area (Å²) in [7, 11) is 0. The van der Waals surface area contributed by atoms with E-state index in [1.165, 1.54) is 12.1 Å². The molecule has 0 aliphatic carbocycles. The van der Waals surface area contributed by atoms with Crippen LogP contribution in [-0.2, 0) is 0 Å². The van der Waals surface area contributed by atoms with Gasteiger partial charge < -0.3 is 4.42 Å². The van der Waals surface area contributed by atoms with E-state index in [9.17, 15) is 4.39 Å². The molecular weight excluding hydrogens is 215 g/mol. The highest BCUT2D eigenvalue weighted by Crippen LogP contribution is 2.16. The second kappa shape index (κ2) is 4.83. The molecule has 0 N–H and O–H groups in total. The van der Waals surface area contributed by atoms with Crippen LogP contribution >= 0.6 is 0 Å². The molecule has 0 radical (unpaired) electrons. The van der Waals surface area contributed by atoms with Gasteiger partial charge >= 0.3 is 0 Å². The molecule has 17 heavy (non-hydrogen) atoms. The Balaban J connectivity index is 2.48. The van der Waals surface area contributed by atoms with Gasteiger partial charge in [-0.3, -0.25) is 0 Å². The van der Waals surface area contributed by atoms with E-state index >= 15 is 0 Å². The van der Waals surface area contributed by atoms with E-state index in [1.54, 1.807) is 12.1 Å². The quantitative estimate of drug-likeness (QED) is 0.770. The summed E-state index contributed by atoms with van der Waals surface area (Å²) in [6.07, 6.45) is 5.66. The Morgan fingerprint density at radius 2 is 1.94 bits per heavy atom. The summed E-state index contributed by atoms with van der Waals surface area (Å²) >= 11 is 0. The maximum Gasteiger partial charge on any atom is 0.135 e. The monoisotopic (exact) mass is 228 g/mol. The molecule has 1 heterocycles. The number of allylic oxidation sites excluding steroid dienone is 2. The van der Waals surface area contributed by atoms with Gasteiger partial charge in [-0.05, 0) is 43.3 Å². The van der Waals surface area contributed by atoms with Crippen molar-refractivity contribution >= 4 is 12.7 Å². The Kier molecular flexibility index (Phi) is 3.24. The molecule has 2 aromatic rings. The maximum absolute atomic E-state index is 12.8. The van der Waals surface area contributed by atoms with Crippen molar-refractivity contribution in [1.29, 1.82) is 0 Å². The largest absolute Gasteiger partial charge is 0.456 e. The highest BCUT2D eigenvalue weighted by atomic mass is 19.1. The first-order valence-electron chi connectivity index (χ1n) is 5.38. The fourth-order valence-corrected chi connectivity index (χ4v) is 1.52. The molecule has 1 aromatic carbocycles. The smallest absolute Gasteiger partial charge is 0.135 e. The summed E-state index contributed by atoms with van der Waals surface area (Å²) in [5.41, 5.74) is 1.57. The average molecular weight is 228 g/mol. The normalized spacial score (nSPS) is 12.5. The minimum Gasteiger partial charge on any atom is -0.456 e. The van der Waals surface area contributed by atoms with E-state index in [0.717, 1.165) is 16.2 Å². The second-order valence-corrected chi connectivity index (χ2v) is 3.70. The van der Waals surface area contributed by atoms with Crippen molar-refractivity contribution in [1.82, 2.24) is 0 Å². The fourth-order valence-electron chi connectivity index (χ4n) is 1.52. The SMILES string of the molecule is C=c1cc(-c2ccc(F)cc2)o/c1=C/C=C\C.